The first-order valence-corrected chi connectivity index (χ1v) is 8.75. The Balaban J connectivity index is 1.90. The Bertz CT molecular complexity index is 1060. The third-order valence-corrected chi connectivity index (χ3v) is 4.82. The van der Waals surface area contributed by atoms with Crippen molar-refractivity contribution in [1.82, 2.24) is 0 Å². The first-order valence-electron chi connectivity index (χ1n) is 8.37. The molecule has 1 aliphatic rings. The summed E-state index contributed by atoms with van der Waals surface area (Å²) in [6.07, 6.45) is 1.94. The molecule has 2 aromatic carbocycles. The van der Waals surface area contributed by atoms with Gasteiger partial charge in [-0.3, -0.25) is 0 Å². The molecule has 0 saturated heterocycles. The molecule has 0 bridgehead atoms. The van der Waals surface area contributed by atoms with E-state index in [-0.39, 0.29) is 5.56 Å². The summed E-state index contributed by atoms with van der Waals surface area (Å²) in [4.78, 5) is 14.5. The Kier molecular flexibility index (Phi) is 4.24. The second kappa shape index (κ2) is 6.70. The molecule has 0 fully saturated rings. The van der Waals surface area contributed by atoms with Crippen molar-refractivity contribution in [2.24, 2.45) is 0 Å². The average Bonchev–Trinajstić information content (AvgIpc) is 2.67. The number of para-hydroxylation sites is 1. The van der Waals surface area contributed by atoms with E-state index in [1.165, 1.54) is 5.56 Å². The molecule has 26 heavy (non-hydrogen) atoms. The smallest absolute Gasteiger partial charge is 0.356 e. The van der Waals surface area contributed by atoms with Gasteiger partial charge in [0.15, 0.2) is 5.56 Å². The molecule has 1 aromatic heterocycles. The predicted octanol–water partition coefficient (Wildman–Crippen LogP) is 4.92. The lowest BCUT2D eigenvalue weighted by Gasteiger charge is -2.31. The van der Waals surface area contributed by atoms with E-state index in [0.717, 1.165) is 30.6 Å². The van der Waals surface area contributed by atoms with Crippen LogP contribution in [0.25, 0.3) is 11.3 Å². The number of aryl methyl sites for hydroxylation is 1. The first-order chi connectivity index (χ1) is 12.7. The van der Waals surface area contributed by atoms with Gasteiger partial charge < -0.3 is 9.32 Å². The molecule has 0 unspecified atom stereocenters. The summed E-state index contributed by atoms with van der Waals surface area (Å²) < 4.78 is 5.40. The van der Waals surface area contributed by atoms with Gasteiger partial charge in [0.25, 0.3) is 0 Å². The van der Waals surface area contributed by atoms with Crippen molar-refractivity contribution in [2.45, 2.75) is 12.8 Å². The van der Waals surface area contributed by atoms with Crippen molar-refractivity contribution >= 4 is 23.0 Å². The fraction of sp³-hybridized carbons (Fsp3) is 0.143. The number of nitriles is 1. The van der Waals surface area contributed by atoms with Crippen LogP contribution in [0.5, 0.6) is 0 Å². The van der Waals surface area contributed by atoms with Gasteiger partial charge in [0.05, 0.1) is 5.69 Å². The molecule has 1 aliphatic heterocycles. The van der Waals surface area contributed by atoms with Crippen LogP contribution >= 0.6 is 11.6 Å². The van der Waals surface area contributed by atoms with E-state index in [1.54, 1.807) is 30.3 Å². The molecule has 0 aliphatic carbocycles. The minimum atomic E-state index is -0.627. The van der Waals surface area contributed by atoms with E-state index in [4.69, 9.17) is 16.0 Å². The van der Waals surface area contributed by atoms with Crippen LogP contribution in [0, 0.1) is 11.3 Å². The second-order valence-electron chi connectivity index (χ2n) is 6.16. The maximum atomic E-state index is 12.4. The van der Waals surface area contributed by atoms with Crippen molar-refractivity contribution in [3.05, 3.63) is 81.2 Å². The van der Waals surface area contributed by atoms with Gasteiger partial charge in [-0.25, -0.2) is 4.79 Å². The molecule has 0 amide bonds. The fourth-order valence-electron chi connectivity index (χ4n) is 3.34. The number of anilines is 2. The molecular weight excluding hydrogens is 348 g/mol. The highest BCUT2D eigenvalue weighted by atomic mass is 35.5. The number of benzene rings is 2. The molecule has 128 valence electrons. The topological polar surface area (TPSA) is 57.2 Å². The van der Waals surface area contributed by atoms with E-state index in [2.05, 4.69) is 6.07 Å². The lowest BCUT2D eigenvalue weighted by molar-refractivity contribution is 0.523. The number of halogens is 1. The van der Waals surface area contributed by atoms with Crippen LogP contribution in [0.15, 0.2) is 63.8 Å². The molecule has 3 aromatic rings. The lowest BCUT2D eigenvalue weighted by atomic mass is 10.00. The predicted molar refractivity (Wildman–Crippen MR) is 102 cm³/mol. The van der Waals surface area contributed by atoms with E-state index in [0.29, 0.717) is 16.5 Å². The SMILES string of the molecule is N#Cc1c(N2CCCc3ccccc32)cc(-c2ccc(Cl)cc2)oc1=O. The molecular formula is C21H15ClN2O2. The summed E-state index contributed by atoms with van der Waals surface area (Å²) in [5.74, 6) is 0.420. The van der Waals surface area contributed by atoms with Crippen LogP contribution in [0.2, 0.25) is 5.02 Å². The highest BCUT2D eigenvalue weighted by Gasteiger charge is 2.23. The Morgan fingerprint density at radius 2 is 1.85 bits per heavy atom. The van der Waals surface area contributed by atoms with Crippen LogP contribution in [-0.2, 0) is 6.42 Å². The Morgan fingerprint density at radius 3 is 2.62 bits per heavy atom. The number of fused-ring (bicyclic) bond motifs is 1. The molecule has 4 rings (SSSR count). The normalized spacial score (nSPS) is 13.2. The van der Waals surface area contributed by atoms with Gasteiger partial charge in [-0.2, -0.15) is 5.26 Å². The van der Waals surface area contributed by atoms with Crippen molar-refractivity contribution in [3.63, 3.8) is 0 Å². The first kappa shape index (κ1) is 16.4. The van der Waals surface area contributed by atoms with Gasteiger partial charge in [-0.1, -0.05) is 29.8 Å². The van der Waals surface area contributed by atoms with Gasteiger partial charge >= 0.3 is 5.63 Å². The molecule has 0 spiro atoms. The summed E-state index contributed by atoms with van der Waals surface area (Å²) in [7, 11) is 0. The minimum Gasteiger partial charge on any atom is -0.422 e. The zero-order chi connectivity index (χ0) is 18.1. The third kappa shape index (κ3) is 2.87. The largest absolute Gasteiger partial charge is 0.422 e. The van der Waals surface area contributed by atoms with Crippen molar-refractivity contribution < 1.29 is 4.42 Å². The maximum absolute atomic E-state index is 12.4. The van der Waals surface area contributed by atoms with E-state index in [1.807, 2.05) is 29.2 Å². The van der Waals surface area contributed by atoms with Gasteiger partial charge in [0.2, 0.25) is 0 Å². The van der Waals surface area contributed by atoms with Crippen LogP contribution in [0.1, 0.15) is 17.5 Å². The van der Waals surface area contributed by atoms with Crippen molar-refractivity contribution in [2.75, 3.05) is 11.4 Å². The number of rotatable bonds is 2. The lowest BCUT2D eigenvalue weighted by Crippen LogP contribution is -2.27. The molecule has 0 radical (unpaired) electrons. The number of hydrogen-bond acceptors (Lipinski definition) is 4. The third-order valence-electron chi connectivity index (χ3n) is 4.57. The standard InChI is InChI=1S/C21H15ClN2O2/c22-16-9-7-15(8-10-16)20-12-19(17(13-23)21(25)26-20)24-11-3-5-14-4-1-2-6-18(14)24/h1-2,4,6-10,12H,3,5,11H2. The molecule has 5 heteroatoms. The molecule has 0 N–H and O–H groups in total. The van der Waals surface area contributed by atoms with Crippen LogP contribution in [0.3, 0.4) is 0 Å². The molecule has 0 atom stereocenters. The van der Waals surface area contributed by atoms with Crippen molar-refractivity contribution in [3.8, 4) is 17.4 Å². The summed E-state index contributed by atoms with van der Waals surface area (Å²) in [6, 6.07) is 18.9. The van der Waals surface area contributed by atoms with Crippen molar-refractivity contribution in [1.29, 1.82) is 5.26 Å². The average molecular weight is 363 g/mol. The minimum absolute atomic E-state index is 0.0272. The summed E-state index contributed by atoms with van der Waals surface area (Å²) in [5, 5.41) is 10.1. The fourth-order valence-corrected chi connectivity index (χ4v) is 3.46. The van der Waals surface area contributed by atoms with Gasteiger partial charge in [0, 0.05) is 28.9 Å². The summed E-state index contributed by atoms with van der Waals surface area (Å²) >= 11 is 5.94. The number of hydrogen-bond donors (Lipinski definition) is 0. The Hall–Kier alpha value is -3.03. The highest BCUT2D eigenvalue weighted by molar-refractivity contribution is 6.30. The van der Waals surface area contributed by atoms with Crippen LogP contribution in [-0.4, -0.2) is 6.54 Å². The molecule has 0 saturated carbocycles. The van der Waals surface area contributed by atoms with E-state index < -0.39 is 5.63 Å². The molecule has 2 heterocycles. The summed E-state index contributed by atoms with van der Waals surface area (Å²) in [6.45, 7) is 0.745. The van der Waals surface area contributed by atoms with Gasteiger partial charge in [0.1, 0.15) is 11.8 Å². The zero-order valence-electron chi connectivity index (χ0n) is 13.9. The highest BCUT2D eigenvalue weighted by Crippen LogP contribution is 2.36. The monoisotopic (exact) mass is 362 g/mol. The Labute approximate surface area is 155 Å². The quantitative estimate of drug-likeness (QED) is 0.649. The Morgan fingerprint density at radius 1 is 1.08 bits per heavy atom. The second-order valence-corrected chi connectivity index (χ2v) is 6.60. The van der Waals surface area contributed by atoms with Crippen LogP contribution in [0.4, 0.5) is 11.4 Å². The molecule has 4 nitrogen and oxygen atoms in total. The summed E-state index contributed by atoms with van der Waals surface area (Å²) in [5.41, 5.74) is 2.97. The van der Waals surface area contributed by atoms with Gasteiger partial charge in [-0.05, 0) is 48.7 Å². The zero-order valence-corrected chi connectivity index (χ0v) is 14.7. The van der Waals surface area contributed by atoms with E-state index in [9.17, 15) is 10.1 Å². The van der Waals surface area contributed by atoms with E-state index >= 15 is 0 Å². The van der Waals surface area contributed by atoms with Crippen LogP contribution < -0.4 is 10.5 Å². The number of nitrogens with zero attached hydrogens (tertiary/aromatic N) is 2. The maximum Gasteiger partial charge on any atom is 0.356 e. The van der Waals surface area contributed by atoms with Gasteiger partial charge in [-0.15, -0.1) is 0 Å².